The van der Waals surface area contributed by atoms with Gasteiger partial charge >= 0.3 is 0 Å². The molecule has 0 aromatic rings. The van der Waals surface area contributed by atoms with Gasteiger partial charge < -0.3 is 0 Å². The summed E-state index contributed by atoms with van der Waals surface area (Å²) in [5.41, 5.74) is 2.94. The first kappa shape index (κ1) is 7.81. The Morgan fingerprint density at radius 3 is 3.17 bits per heavy atom. The van der Waals surface area contributed by atoms with Gasteiger partial charge in [-0.2, -0.15) is 0 Å². The Labute approximate surface area is 74.1 Å². The monoisotopic (exact) mass is 161 g/mol. The van der Waals surface area contributed by atoms with Crippen molar-refractivity contribution in [2.75, 3.05) is 13.6 Å². The molecule has 2 rings (SSSR count). The summed E-state index contributed by atoms with van der Waals surface area (Å²) in [5, 5.41) is 0. The summed E-state index contributed by atoms with van der Waals surface area (Å²) in [7, 11) is 2.20. The lowest BCUT2D eigenvalue weighted by atomic mass is 9.92. The van der Waals surface area contributed by atoms with Gasteiger partial charge in [-0.05, 0) is 26.0 Å². The smallest absolute Gasteiger partial charge is 0.0382 e. The van der Waals surface area contributed by atoms with Crippen molar-refractivity contribution in [3.63, 3.8) is 0 Å². The van der Waals surface area contributed by atoms with Crippen LogP contribution in [0.3, 0.4) is 0 Å². The minimum Gasteiger partial charge on any atom is -0.295 e. The van der Waals surface area contributed by atoms with Gasteiger partial charge in [-0.1, -0.05) is 29.9 Å². The molecular weight excluding hydrogens is 146 g/mol. The molecule has 1 aliphatic heterocycles. The van der Waals surface area contributed by atoms with Crippen LogP contribution in [0.4, 0.5) is 0 Å². The Hall–Kier alpha value is -0.820. The highest BCUT2D eigenvalue weighted by Crippen LogP contribution is 2.25. The molecule has 0 aromatic carbocycles. The molecule has 1 heteroatoms. The van der Waals surface area contributed by atoms with Crippen molar-refractivity contribution >= 4 is 0 Å². The lowest BCUT2D eigenvalue weighted by Crippen LogP contribution is -2.37. The van der Waals surface area contributed by atoms with Crippen LogP contribution in [-0.2, 0) is 0 Å². The van der Waals surface area contributed by atoms with Crippen molar-refractivity contribution in [2.45, 2.75) is 19.4 Å². The molecule has 1 atom stereocenters. The van der Waals surface area contributed by atoms with Crippen LogP contribution in [0.5, 0.6) is 0 Å². The molecule has 0 N–H and O–H groups in total. The average molecular weight is 161 g/mol. The maximum atomic E-state index is 2.42. The van der Waals surface area contributed by atoms with Crippen molar-refractivity contribution in [1.82, 2.24) is 4.90 Å². The van der Waals surface area contributed by atoms with Crippen LogP contribution in [0, 0.1) is 0 Å². The fourth-order valence-electron chi connectivity index (χ4n) is 2.05. The number of hydrogen-bond acceptors (Lipinski definition) is 1. The summed E-state index contributed by atoms with van der Waals surface area (Å²) in [5.74, 6) is 0. The Kier molecular flexibility index (Phi) is 1.89. The lowest BCUT2D eigenvalue weighted by Gasteiger charge is -2.34. The van der Waals surface area contributed by atoms with Crippen molar-refractivity contribution in [2.24, 2.45) is 0 Å². The van der Waals surface area contributed by atoms with E-state index in [0.717, 1.165) is 6.54 Å². The van der Waals surface area contributed by atoms with Gasteiger partial charge in [0, 0.05) is 12.6 Å². The zero-order valence-corrected chi connectivity index (χ0v) is 7.75. The summed E-state index contributed by atoms with van der Waals surface area (Å²) < 4.78 is 0. The van der Waals surface area contributed by atoms with Gasteiger partial charge in [0.05, 0.1) is 0 Å². The largest absolute Gasteiger partial charge is 0.295 e. The summed E-state index contributed by atoms with van der Waals surface area (Å²) >= 11 is 0. The number of nitrogens with zero attached hydrogens (tertiary/aromatic N) is 1. The number of rotatable bonds is 0. The van der Waals surface area contributed by atoms with Crippen LogP contribution in [-0.4, -0.2) is 24.5 Å². The fraction of sp³-hybridized carbons (Fsp3) is 0.455. The molecule has 1 nitrogen and oxygen atoms in total. The molecule has 12 heavy (non-hydrogen) atoms. The Morgan fingerprint density at radius 2 is 2.33 bits per heavy atom. The van der Waals surface area contributed by atoms with Crippen LogP contribution in [0.15, 0.2) is 35.5 Å². The van der Waals surface area contributed by atoms with E-state index in [1.807, 2.05) is 0 Å². The number of allylic oxidation sites excluding steroid dienone is 2. The zero-order chi connectivity index (χ0) is 8.55. The van der Waals surface area contributed by atoms with Crippen molar-refractivity contribution in [3.05, 3.63) is 35.5 Å². The first-order valence-corrected chi connectivity index (χ1v) is 4.51. The predicted octanol–water partition coefficient (Wildman–Crippen LogP) is 2.13. The van der Waals surface area contributed by atoms with Gasteiger partial charge in [-0.15, -0.1) is 0 Å². The van der Waals surface area contributed by atoms with Crippen molar-refractivity contribution in [3.8, 4) is 0 Å². The molecule has 0 radical (unpaired) electrons. The molecule has 1 heterocycles. The maximum Gasteiger partial charge on any atom is 0.0382 e. The minimum atomic E-state index is 0.638. The third-order valence-corrected chi connectivity index (χ3v) is 2.61. The van der Waals surface area contributed by atoms with Crippen LogP contribution in [0.2, 0.25) is 0 Å². The summed E-state index contributed by atoms with van der Waals surface area (Å²) in [4.78, 5) is 2.42. The van der Waals surface area contributed by atoms with Crippen LogP contribution in [0.25, 0.3) is 0 Å². The van der Waals surface area contributed by atoms with Gasteiger partial charge in [-0.3, -0.25) is 4.90 Å². The SMILES string of the molecule is CC1=CC2=CC=CCC2N(C)C1. The first-order valence-electron chi connectivity index (χ1n) is 4.51. The summed E-state index contributed by atoms with van der Waals surface area (Å²) in [6.45, 7) is 3.32. The molecular formula is C11H15N. The van der Waals surface area contributed by atoms with Crippen LogP contribution in [0.1, 0.15) is 13.3 Å². The highest BCUT2D eigenvalue weighted by molar-refractivity contribution is 5.37. The van der Waals surface area contributed by atoms with Gasteiger partial charge in [0.25, 0.3) is 0 Å². The highest BCUT2D eigenvalue weighted by atomic mass is 15.1. The molecule has 1 aliphatic carbocycles. The highest BCUT2D eigenvalue weighted by Gasteiger charge is 2.22. The Balaban J connectivity index is 2.33. The van der Waals surface area contributed by atoms with Gasteiger partial charge in [0.15, 0.2) is 0 Å². The molecule has 0 amide bonds. The Morgan fingerprint density at radius 1 is 1.50 bits per heavy atom. The molecule has 1 unspecified atom stereocenters. The third kappa shape index (κ3) is 1.25. The van der Waals surface area contributed by atoms with E-state index in [1.54, 1.807) is 0 Å². The van der Waals surface area contributed by atoms with Crippen molar-refractivity contribution in [1.29, 1.82) is 0 Å². The number of hydrogen-bond donors (Lipinski definition) is 0. The second-order valence-corrected chi connectivity index (χ2v) is 3.75. The van der Waals surface area contributed by atoms with Crippen LogP contribution >= 0.6 is 0 Å². The molecule has 0 saturated heterocycles. The molecule has 0 spiro atoms. The second-order valence-electron chi connectivity index (χ2n) is 3.75. The number of fused-ring (bicyclic) bond motifs is 1. The van der Waals surface area contributed by atoms with Crippen LogP contribution < -0.4 is 0 Å². The molecule has 64 valence electrons. The average Bonchev–Trinajstić information content (AvgIpc) is 2.04. The van der Waals surface area contributed by atoms with Gasteiger partial charge in [0.1, 0.15) is 0 Å². The first-order chi connectivity index (χ1) is 5.77. The summed E-state index contributed by atoms with van der Waals surface area (Å²) in [6, 6.07) is 0.638. The predicted molar refractivity (Wildman–Crippen MR) is 52.0 cm³/mol. The van der Waals surface area contributed by atoms with E-state index in [2.05, 4.69) is 43.2 Å². The number of likely N-dealkylation sites (N-methyl/N-ethyl adjacent to an activating group) is 1. The van der Waals surface area contributed by atoms with E-state index >= 15 is 0 Å². The lowest BCUT2D eigenvalue weighted by molar-refractivity contribution is 0.287. The quantitative estimate of drug-likeness (QED) is 0.526. The van der Waals surface area contributed by atoms with Gasteiger partial charge in [0.2, 0.25) is 0 Å². The van der Waals surface area contributed by atoms with Crippen molar-refractivity contribution < 1.29 is 0 Å². The van der Waals surface area contributed by atoms with E-state index in [9.17, 15) is 0 Å². The van der Waals surface area contributed by atoms with E-state index in [1.165, 1.54) is 17.6 Å². The zero-order valence-electron chi connectivity index (χ0n) is 7.75. The Bertz CT molecular complexity index is 268. The summed E-state index contributed by atoms with van der Waals surface area (Å²) in [6.07, 6.45) is 10.1. The molecule has 0 aromatic heterocycles. The standard InChI is InChI=1S/C11H15N/c1-9-7-10-5-3-4-6-11(10)12(2)8-9/h3-5,7,11H,6,8H2,1-2H3. The maximum absolute atomic E-state index is 2.42. The third-order valence-electron chi connectivity index (χ3n) is 2.61. The molecule has 2 aliphatic rings. The second kappa shape index (κ2) is 2.91. The fourth-order valence-corrected chi connectivity index (χ4v) is 2.05. The van der Waals surface area contributed by atoms with E-state index in [0.29, 0.717) is 6.04 Å². The van der Waals surface area contributed by atoms with E-state index in [-0.39, 0.29) is 0 Å². The minimum absolute atomic E-state index is 0.638. The van der Waals surface area contributed by atoms with E-state index in [4.69, 9.17) is 0 Å². The van der Waals surface area contributed by atoms with E-state index < -0.39 is 0 Å². The normalized spacial score (nSPS) is 29.3. The molecule has 0 fully saturated rings. The van der Waals surface area contributed by atoms with Gasteiger partial charge in [-0.25, -0.2) is 0 Å². The molecule has 0 saturated carbocycles. The molecule has 0 bridgehead atoms. The topological polar surface area (TPSA) is 3.24 Å².